The molecule has 2 rings (SSSR count). The van der Waals surface area contributed by atoms with Gasteiger partial charge in [0.2, 0.25) is 0 Å². The van der Waals surface area contributed by atoms with E-state index < -0.39 is 0 Å². The molecule has 1 unspecified atom stereocenters. The molecule has 1 atom stereocenters. The molecule has 0 aliphatic carbocycles. The highest BCUT2D eigenvalue weighted by molar-refractivity contribution is 5.65. The Morgan fingerprint density at radius 2 is 1.72 bits per heavy atom. The third-order valence-corrected chi connectivity index (χ3v) is 5.01. The molecule has 0 aliphatic rings. The van der Waals surface area contributed by atoms with E-state index in [1.54, 1.807) is 6.20 Å². The minimum absolute atomic E-state index is 0.200. The highest BCUT2D eigenvalue weighted by atomic mass is 16.7. The molecule has 0 fully saturated rings. The van der Waals surface area contributed by atoms with Crippen molar-refractivity contribution in [2.24, 2.45) is 5.92 Å². The van der Waals surface area contributed by atoms with Gasteiger partial charge in [-0.1, -0.05) is 83.2 Å². The summed E-state index contributed by atoms with van der Waals surface area (Å²) in [7, 11) is 0. The third-order valence-electron chi connectivity index (χ3n) is 5.01. The van der Waals surface area contributed by atoms with Crippen LogP contribution >= 0.6 is 0 Å². The van der Waals surface area contributed by atoms with Gasteiger partial charge in [0.15, 0.2) is 12.5 Å². The highest BCUT2D eigenvalue weighted by Gasteiger charge is 2.12. The molecule has 1 aromatic heterocycles. The summed E-state index contributed by atoms with van der Waals surface area (Å²) in [5.74, 6) is 1.24. The Bertz CT molecular complexity index is 679. The first kappa shape index (κ1) is 23.1. The number of unbranched alkanes of at least 4 members (excludes halogenated alkanes) is 4. The molecule has 0 bridgehead atoms. The number of nitrogens with zero attached hydrogens (tertiary/aromatic N) is 2. The van der Waals surface area contributed by atoms with Crippen LogP contribution in [0.25, 0.3) is 11.3 Å². The first-order valence-corrected chi connectivity index (χ1v) is 11.0. The second kappa shape index (κ2) is 13.9. The number of hydrogen-bond acceptors (Lipinski definition) is 5. The van der Waals surface area contributed by atoms with E-state index in [1.165, 1.54) is 25.7 Å². The van der Waals surface area contributed by atoms with E-state index in [4.69, 9.17) is 14.2 Å². The lowest BCUT2D eigenvalue weighted by molar-refractivity contribution is 0.0133. The van der Waals surface area contributed by atoms with Crippen molar-refractivity contribution in [1.82, 2.24) is 9.97 Å². The molecule has 5 heteroatoms. The van der Waals surface area contributed by atoms with E-state index in [-0.39, 0.29) is 6.79 Å². The molecule has 1 heterocycles. The van der Waals surface area contributed by atoms with Gasteiger partial charge in [-0.15, -0.1) is 0 Å². The molecule has 2 aromatic rings. The second-order valence-corrected chi connectivity index (χ2v) is 7.47. The summed E-state index contributed by atoms with van der Waals surface area (Å²) in [4.78, 5) is 8.92. The molecule has 0 saturated carbocycles. The number of rotatable bonds is 15. The van der Waals surface area contributed by atoms with Crippen LogP contribution in [0.2, 0.25) is 0 Å². The van der Waals surface area contributed by atoms with Crippen molar-refractivity contribution in [3.8, 4) is 23.0 Å². The Kier molecular flexibility index (Phi) is 11.1. The fourth-order valence-corrected chi connectivity index (χ4v) is 2.86. The molecule has 0 saturated heterocycles. The van der Waals surface area contributed by atoms with Gasteiger partial charge in [0, 0.05) is 5.56 Å². The fraction of sp³-hybridized carbons (Fsp3) is 0.583. The van der Waals surface area contributed by atoms with E-state index in [2.05, 4.69) is 30.7 Å². The average Bonchev–Trinajstić information content (AvgIpc) is 2.76. The van der Waals surface area contributed by atoms with Crippen molar-refractivity contribution in [1.29, 1.82) is 0 Å². The summed E-state index contributed by atoms with van der Waals surface area (Å²) < 4.78 is 17.2. The van der Waals surface area contributed by atoms with E-state index in [0.29, 0.717) is 30.9 Å². The lowest BCUT2D eigenvalue weighted by Crippen LogP contribution is -2.08. The van der Waals surface area contributed by atoms with Gasteiger partial charge in [-0.2, -0.15) is 9.97 Å². The van der Waals surface area contributed by atoms with Gasteiger partial charge in [-0.3, -0.25) is 0 Å². The summed E-state index contributed by atoms with van der Waals surface area (Å²) in [6.07, 6.45) is 9.90. The topological polar surface area (TPSA) is 53.5 Å². The summed E-state index contributed by atoms with van der Waals surface area (Å²) in [5, 5.41) is 0. The lowest BCUT2D eigenvalue weighted by Gasteiger charge is -2.13. The van der Waals surface area contributed by atoms with Crippen LogP contribution in [-0.4, -0.2) is 30.0 Å². The molecule has 0 spiro atoms. The summed E-state index contributed by atoms with van der Waals surface area (Å²) in [6, 6.07) is 10.3. The van der Waals surface area contributed by atoms with Crippen molar-refractivity contribution >= 4 is 0 Å². The Balaban J connectivity index is 1.92. The number of aromatic nitrogens is 2. The molecule has 0 amide bonds. The van der Waals surface area contributed by atoms with Crippen LogP contribution < -0.4 is 9.47 Å². The zero-order chi connectivity index (χ0) is 20.7. The minimum Gasteiger partial charge on any atom is -0.464 e. The average molecular weight is 401 g/mol. The Morgan fingerprint density at radius 3 is 2.48 bits per heavy atom. The van der Waals surface area contributed by atoms with Crippen LogP contribution in [0.5, 0.6) is 11.8 Å². The van der Waals surface area contributed by atoms with E-state index in [1.807, 2.05) is 30.3 Å². The van der Waals surface area contributed by atoms with Gasteiger partial charge in [-0.25, -0.2) is 0 Å². The molecular formula is C24H36N2O3. The van der Waals surface area contributed by atoms with Crippen LogP contribution in [-0.2, 0) is 4.74 Å². The predicted molar refractivity (Wildman–Crippen MR) is 117 cm³/mol. The normalized spacial score (nSPS) is 12.0. The standard InChI is InChI=1S/C24H36N2O3/c1-4-6-7-8-12-16-27-19-29-22-18-25-24(28-17-15-20(3)5-2)26-23(22)21-13-10-9-11-14-21/h9-11,13-14,18,20H,4-8,12,15-17,19H2,1-3H3. The third kappa shape index (κ3) is 8.82. The molecule has 0 aliphatic heterocycles. The van der Waals surface area contributed by atoms with Gasteiger partial charge in [-0.05, 0) is 18.8 Å². The molecule has 5 nitrogen and oxygen atoms in total. The second-order valence-electron chi connectivity index (χ2n) is 7.47. The minimum atomic E-state index is 0.200. The quantitative estimate of drug-likeness (QED) is 0.260. The van der Waals surface area contributed by atoms with Crippen molar-refractivity contribution in [2.75, 3.05) is 20.0 Å². The zero-order valence-electron chi connectivity index (χ0n) is 18.2. The molecule has 0 radical (unpaired) electrons. The van der Waals surface area contributed by atoms with Gasteiger partial charge in [0.1, 0.15) is 5.69 Å². The molecule has 0 N–H and O–H groups in total. The SMILES string of the molecule is CCCCCCCOCOc1cnc(OCCC(C)CC)nc1-c1ccccc1. The summed E-state index contributed by atoms with van der Waals surface area (Å²) >= 11 is 0. The molecule has 160 valence electrons. The van der Waals surface area contributed by atoms with Gasteiger partial charge in [0.25, 0.3) is 0 Å². The van der Waals surface area contributed by atoms with E-state index in [9.17, 15) is 0 Å². The number of benzene rings is 1. The van der Waals surface area contributed by atoms with Crippen LogP contribution in [0, 0.1) is 5.92 Å². The van der Waals surface area contributed by atoms with Gasteiger partial charge < -0.3 is 14.2 Å². The molecule has 1 aromatic carbocycles. The first-order chi connectivity index (χ1) is 14.2. The monoisotopic (exact) mass is 400 g/mol. The largest absolute Gasteiger partial charge is 0.464 e. The first-order valence-electron chi connectivity index (χ1n) is 11.0. The van der Waals surface area contributed by atoms with Crippen molar-refractivity contribution in [3.63, 3.8) is 0 Å². The van der Waals surface area contributed by atoms with Crippen molar-refractivity contribution < 1.29 is 14.2 Å². The van der Waals surface area contributed by atoms with Gasteiger partial charge in [0.05, 0.1) is 19.4 Å². The maximum Gasteiger partial charge on any atom is 0.317 e. The van der Waals surface area contributed by atoms with Crippen LogP contribution in [0.4, 0.5) is 0 Å². The van der Waals surface area contributed by atoms with Crippen LogP contribution in [0.3, 0.4) is 0 Å². The smallest absolute Gasteiger partial charge is 0.317 e. The van der Waals surface area contributed by atoms with Crippen molar-refractivity contribution in [3.05, 3.63) is 36.5 Å². The molecule has 29 heavy (non-hydrogen) atoms. The van der Waals surface area contributed by atoms with Gasteiger partial charge >= 0.3 is 6.01 Å². The molecular weight excluding hydrogens is 364 g/mol. The van der Waals surface area contributed by atoms with Crippen LogP contribution in [0.1, 0.15) is 65.7 Å². The highest BCUT2D eigenvalue weighted by Crippen LogP contribution is 2.29. The Labute approximate surface area is 175 Å². The zero-order valence-corrected chi connectivity index (χ0v) is 18.2. The Hall–Kier alpha value is -2.14. The number of ether oxygens (including phenoxy) is 3. The fourth-order valence-electron chi connectivity index (χ4n) is 2.86. The maximum atomic E-state index is 5.83. The number of hydrogen-bond donors (Lipinski definition) is 0. The summed E-state index contributed by atoms with van der Waals surface area (Å²) in [5.41, 5.74) is 1.70. The Morgan fingerprint density at radius 1 is 0.931 bits per heavy atom. The van der Waals surface area contributed by atoms with Crippen LogP contribution in [0.15, 0.2) is 36.5 Å². The lowest BCUT2D eigenvalue weighted by atomic mass is 10.1. The maximum absolute atomic E-state index is 5.83. The van der Waals surface area contributed by atoms with E-state index in [0.717, 1.165) is 30.5 Å². The summed E-state index contributed by atoms with van der Waals surface area (Å²) in [6.45, 7) is 8.16. The predicted octanol–water partition coefficient (Wildman–Crippen LogP) is 6.28. The van der Waals surface area contributed by atoms with E-state index >= 15 is 0 Å². The van der Waals surface area contributed by atoms with Crippen molar-refractivity contribution in [2.45, 2.75) is 65.7 Å².